The van der Waals surface area contributed by atoms with Crippen LogP contribution in [0.1, 0.15) is 27.7 Å². The quantitative estimate of drug-likeness (QED) is 0.0936. The highest BCUT2D eigenvalue weighted by Gasteiger charge is 2.30. The van der Waals surface area contributed by atoms with E-state index in [1.165, 1.54) is 0 Å². The van der Waals surface area contributed by atoms with Crippen molar-refractivity contribution in [3.63, 3.8) is 0 Å². The fraction of sp³-hybridized carbons (Fsp3) is 0.905. The molecule has 0 radical (unpaired) electrons. The van der Waals surface area contributed by atoms with Gasteiger partial charge in [-0.3, -0.25) is 0 Å². The summed E-state index contributed by atoms with van der Waals surface area (Å²) in [6.07, 6.45) is 0.0986. The largest absolute Gasteiger partial charge is 0.477 e. The number of hydrogen-bond donors (Lipinski definition) is 3. The Hall–Kier alpha value is -1.34. The molecule has 0 spiro atoms. The number of carbonyl (C=O) groups is 2. The van der Waals surface area contributed by atoms with Gasteiger partial charge < -0.3 is 33.8 Å². The molecule has 0 aromatic rings. The highest BCUT2D eigenvalue weighted by molar-refractivity contribution is 5.68. The van der Waals surface area contributed by atoms with E-state index in [4.69, 9.17) is 19.2 Å². The second kappa shape index (κ2) is 16.3. The molecule has 3 N–H and O–H groups in total. The molecule has 0 saturated heterocycles. The zero-order valence-electron chi connectivity index (χ0n) is 20.3. The van der Waals surface area contributed by atoms with E-state index in [1.807, 2.05) is 34.7 Å². The number of nitrogens with zero attached hydrogens (tertiary/aromatic N) is 2. The molecule has 0 aromatic heterocycles. The predicted octanol–water partition coefficient (Wildman–Crippen LogP) is 0.210. The molecule has 0 heterocycles. The van der Waals surface area contributed by atoms with E-state index in [1.54, 1.807) is 0 Å². The van der Waals surface area contributed by atoms with Crippen molar-refractivity contribution in [2.45, 2.75) is 39.9 Å². The van der Waals surface area contributed by atoms with Gasteiger partial charge in [-0.25, -0.2) is 19.4 Å². The van der Waals surface area contributed by atoms with Crippen LogP contribution in [0.25, 0.3) is 0 Å². The van der Waals surface area contributed by atoms with Gasteiger partial charge in [0.1, 0.15) is 45.9 Å². The van der Waals surface area contributed by atoms with E-state index < -0.39 is 11.9 Å². The van der Waals surface area contributed by atoms with Crippen LogP contribution in [0.5, 0.6) is 0 Å². The monoisotopic (exact) mass is 468 g/mol. The van der Waals surface area contributed by atoms with Gasteiger partial charge in [0.25, 0.3) is 0 Å². The maximum atomic E-state index is 11.4. The minimum atomic E-state index is -0.964. The fourth-order valence-corrected chi connectivity index (χ4v) is 3.27. The summed E-state index contributed by atoms with van der Waals surface area (Å²) in [5, 5.41) is 28.0. The minimum absolute atomic E-state index is 0.0274. The van der Waals surface area contributed by atoms with Crippen LogP contribution in [0, 0.1) is 0 Å². The van der Waals surface area contributed by atoms with Crippen LogP contribution >= 0.6 is 0 Å². The van der Waals surface area contributed by atoms with Crippen molar-refractivity contribution in [2.24, 2.45) is 0 Å². The molecule has 0 amide bonds. The number of carboxylic acid groups (broad SMARTS) is 2. The van der Waals surface area contributed by atoms with Crippen LogP contribution in [0.4, 0.5) is 0 Å². The zero-order valence-corrected chi connectivity index (χ0v) is 20.3. The molecule has 2 unspecified atom stereocenters. The topological polar surface area (TPSA) is 132 Å². The second-order valence-corrected chi connectivity index (χ2v) is 8.89. The van der Waals surface area contributed by atoms with E-state index in [0.717, 1.165) is 0 Å². The summed E-state index contributed by atoms with van der Waals surface area (Å²) < 4.78 is 11.5. The normalized spacial score (nSPS) is 15.6. The summed E-state index contributed by atoms with van der Waals surface area (Å²) in [5.41, 5.74) is 0. The third kappa shape index (κ3) is 15.5. The molecule has 0 bridgehead atoms. The zero-order chi connectivity index (χ0) is 24.6. The fourth-order valence-electron chi connectivity index (χ4n) is 3.27. The van der Waals surface area contributed by atoms with Crippen LogP contribution in [0.2, 0.25) is 0 Å². The summed E-state index contributed by atoms with van der Waals surface area (Å²) >= 11 is 0. The summed E-state index contributed by atoms with van der Waals surface area (Å²) in [5.74, 6) is -1.87. The molecule has 11 nitrogen and oxygen atoms in total. The van der Waals surface area contributed by atoms with Gasteiger partial charge in [0, 0.05) is 0 Å². The van der Waals surface area contributed by atoms with Gasteiger partial charge in [-0.2, -0.15) is 0 Å². The maximum absolute atomic E-state index is 11.4. The molecular weight excluding hydrogens is 424 g/mol. The Bertz CT molecular complexity index is 533. The lowest BCUT2D eigenvalue weighted by molar-refractivity contribution is -0.923. The number of carboxylic acids is 2. The standard InChI is InChI=1S/C21H42N2O9/c1-18(2)29-12-7-22(5,16-20(25)26)8-14-31-32-15-10-23(6-11-24,17-21(27)28)9-13-30-19(3)4/h18-19,24H,6-17H2,1-5H3/p+2. The highest BCUT2D eigenvalue weighted by Crippen LogP contribution is 2.09. The number of ether oxygens (including phenoxy) is 2. The number of aliphatic hydroxyl groups excluding tert-OH is 1. The molecule has 0 rings (SSSR count). The van der Waals surface area contributed by atoms with Crippen molar-refractivity contribution in [1.29, 1.82) is 0 Å². The van der Waals surface area contributed by atoms with Gasteiger partial charge in [0.15, 0.2) is 13.1 Å². The Labute approximate surface area is 191 Å². The van der Waals surface area contributed by atoms with Gasteiger partial charge >= 0.3 is 11.9 Å². The van der Waals surface area contributed by atoms with E-state index in [-0.39, 0.29) is 60.6 Å². The lowest BCUT2D eigenvalue weighted by atomic mass is 10.3. The smallest absolute Gasteiger partial charge is 0.359 e. The lowest BCUT2D eigenvalue weighted by Gasteiger charge is -2.36. The van der Waals surface area contributed by atoms with E-state index in [0.29, 0.717) is 39.4 Å². The van der Waals surface area contributed by atoms with E-state index in [2.05, 4.69) is 0 Å². The third-order valence-corrected chi connectivity index (χ3v) is 5.11. The molecule has 32 heavy (non-hydrogen) atoms. The number of aliphatic hydroxyl groups is 1. The Morgan fingerprint density at radius 3 is 1.62 bits per heavy atom. The third-order valence-electron chi connectivity index (χ3n) is 5.11. The summed E-state index contributed by atoms with van der Waals surface area (Å²) in [4.78, 5) is 33.1. The van der Waals surface area contributed by atoms with Gasteiger partial charge in [-0.1, -0.05) is 0 Å². The van der Waals surface area contributed by atoms with Crippen molar-refractivity contribution in [3.05, 3.63) is 0 Å². The predicted molar refractivity (Wildman–Crippen MR) is 117 cm³/mol. The molecule has 0 aliphatic heterocycles. The number of rotatable bonds is 21. The minimum Gasteiger partial charge on any atom is -0.477 e. The molecule has 0 aliphatic carbocycles. The first-order valence-electron chi connectivity index (χ1n) is 11.1. The van der Waals surface area contributed by atoms with Crippen LogP contribution in [0.3, 0.4) is 0 Å². The van der Waals surface area contributed by atoms with Gasteiger partial charge in [0.05, 0.1) is 39.1 Å². The number of likely N-dealkylation sites (N-methyl/N-ethyl adjacent to an activating group) is 1. The Morgan fingerprint density at radius 2 is 1.16 bits per heavy atom. The molecular formula is C21H44N2O9+2. The van der Waals surface area contributed by atoms with Crippen LogP contribution in [-0.2, 0) is 28.8 Å². The van der Waals surface area contributed by atoms with Crippen molar-refractivity contribution in [1.82, 2.24) is 0 Å². The Kier molecular flexibility index (Phi) is 15.6. The average Bonchev–Trinajstić information content (AvgIpc) is 2.63. The molecule has 11 heteroatoms. The first kappa shape index (κ1) is 30.7. The maximum Gasteiger partial charge on any atom is 0.359 e. The van der Waals surface area contributed by atoms with E-state index >= 15 is 0 Å². The van der Waals surface area contributed by atoms with Gasteiger partial charge in [-0.05, 0) is 27.7 Å². The summed E-state index contributed by atoms with van der Waals surface area (Å²) in [6, 6.07) is 0. The average molecular weight is 469 g/mol. The van der Waals surface area contributed by atoms with Crippen LogP contribution in [-0.4, -0.2) is 134 Å². The highest BCUT2D eigenvalue weighted by atomic mass is 17.2. The number of aliphatic carboxylic acids is 2. The first-order chi connectivity index (χ1) is 14.9. The van der Waals surface area contributed by atoms with Crippen molar-refractivity contribution >= 4 is 11.9 Å². The molecule has 0 saturated carbocycles. The second-order valence-electron chi connectivity index (χ2n) is 8.89. The van der Waals surface area contributed by atoms with Crippen molar-refractivity contribution in [2.75, 3.05) is 85.9 Å². The summed E-state index contributed by atoms with van der Waals surface area (Å²) in [6.45, 7) is 10.4. The summed E-state index contributed by atoms with van der Waals surface area (Å²) in [7, 11) is 1.83. The van der Waals surface area contributed by atoms with Gasteiger partial charge in [0.2, 0.25) is 0 Å². The van der Waals surface area contributed by atoms with Crippen LogP contribution < -0.4 is 0 Å². The first-order valence-corrected chi connectivity index (χ1v) is 11.1. The lowest BCUT2D eigenvalue weighted by Crippen LogP contribution is -2.56. The van der Waals surface area contributed by atoms with E-state index in [9.17, 15) is 24.9 Å². The molecule has 0 aromatic carbocycles. The molecule has 0 aliphatic rings. The number of quaternary nitrogens is 2. The van der Waals surface area contributed by atoms with Gasteiger partial charge in [-0.15, -0.1) is 0 Å². The van der Waals surface area contributed by atoms with Crippen LogP contribution in [0.15, 0.2) is 0 Å². The SMILES string of the molecule is CC(C)OCC[N+](C)(CCOOCC[N+](CCO)(CCOC(C)C)CC(=O)O)CC(=O)O. The Morgan fingerprint density at radius 1 is 0.719 bits per heavy atom. The molecule has 190 valence electrons. The molecule has 0 fully saturated rings. The van der Waals surface area contributed by atoms with Crippen molar-refractivity contribution < 1.29 is 53.1 Å². The van der Waals surface area contributed by atoms with Crippen molar-refractivity contribution in [3.8, 4) is 0 Å². The Balaban J connectivity index is 4.63. The number of hydrogen-bond acceptors (Lipinski definition) is 7. The molecule has 2 atom stereocenters.